The van der Waals surface area contributed by atoms with Crippen LogP contribution in [-0.2, 0) is 19.1 Å². The van der Waals surface area contributed by atoms with Crippen LogP contribution in [0, 0.1) is 0 Å². The van der Waals surface area contributed by atoms with Crippen LogP contribution >= 0.6 is 0 Å². The minimum atomic E-state index is -1.73. The summed E-state index contributed by atoms with van der Waals surface area (Å²) in [6.45, 7) is 11.6. The summed E-state index contributed by atoms with van der Waals surface area (Å²) in [5.41, 5.74) is 0.201. The number of esters is 2. The highest BCUT2D eigenvalue weighted by molar-refractivity contribution is 6.50. The van der Waals surface area contributed by atoms with Crippen LogP contribution in [0.5, 0.6) is 0 Å². The van der Waals surface area contributed by atoms with E-state index in [0.29, 0.717) is 0 Å². The van der Waals surface area contributed by atoms with E-state index in [1.165, 1.54) is 13.8 Å². The average Bonchev–Trinajstić information content (AvgIpc) is 2.27. The first kappa shape index (κ1) is 16.6. The molecule has 1 radical (unpaired) electrons. The number of hydrogen-bond acceptors (Lipinski definition) is 5. The second-order valence-corrected chi connectivity index (χ2v) is 6.20. The zero-order valence-electron chi connectivity index (χ0n) is 11.0. The van der Waals surface area contributed by atoms with Gasteiger partial charge in [-0.1, -0.05) is 13.2 Å². The maximum absolute atomic E-state index is 11.2. The van der Waals surface area contributed by atoms with Crippen molar-refractivity contribution in [1.82, 2.24) is 0 Å². The van der Waals surface area contributed by atoms with Crippen molar-refractivity contribution < 1.29 is 23.9 Å². The van der Waals surface area contributed by atoms with Gasteiger partial charge in [-0.15, -0.1) is 0 Å². The SMILES string of the molecule is C=C(C)C(=O)OCC(COC(=O)C(=C)C)[Si](C)O. The number of ether oxygens (including phenoxy) is 2. The molecule has 0 aromatic rings. The van der Waals surface area contributed by atoms with E-state index in [4.69, 9.17) is 9.47 Å². The summed E-state index contributed by atoms with van der Waals surface area (Å²) in [7, 11) is -1.73. The molecule has 0 spiro atoms. The fourth-order valence-corrected chi connectivity index (χ4v) is 1.54. The van der Waals surface area contributed by atoms with Crippen molar-refractivity contribution in [1.29, 1.82) is 0 Å². The van der Waals surface area contributed by atoms with E-state index in [2.05, 4.69) is 13.2 Å². The molecule has 0 aliphatic heterocycles. The Morgan fingerprint density at radius 2 is 1.44 bits per heavy atom. The molecule has 0 bridgehead atoms. The van der Waals surface area contributed by atoms with E-state index in [-0.39, 0.29) is 29.9 Å². The zero-order valence-corrected chi connectivity index (χ0v) is 12.0. The molecule has 101 valence electrons. The van der Waals surface area contributed by atoms with Gasteiger partial charge in [0.2, 0.25) is 9.04 Å². The lowest BCUT2D eigenvalue weighted by Crippen LogP contribution is -2.28. The van der Waals surface area contributed by atoms with Crippen LogP contribution in [0.15, 0.2) is 24.3 Å². The van der Waals surface area contributed by atoms with Crippen molar-refractivity contribution in [2.24, 2.45) is 0 Å². The van der Waals surface area contributed by atoms with Gasteiger partial charge < -0.3 is 14.3 Å². The van der Waals surface area contributed by atoms with Gasteiger partial charge in [0, 0.05) is 16.7 Å². The van der Waals surface area contributed by atoms with Crippen LogP contribution < -0.4 is 0 Å². The highest BCUT2D eigenvalue weighted by atomic mass is 28.3. The second-order valence-electron chi connectivity index (χ2n) is 4.10. The Labute approximate surface area is 109 Å². The van der Waals surface area contributed by atoms with Gasteiger partial charge in [0.05, 0.1) is 13.2 Å². The molecule has 0 saturated carbocycles. The monoisotopic (exact) mass is 271 g/mol. The van der Waals surface area contributed by atoms with Gasteiger partial charge in [0.25, 0.3) is 0 Å². The molecule has 6 heteroatoms. The van der Waals surface area contributed by atoms with Crippen LogP contribution in [0.25, 0.3) is 0 Å². The van der Waals surface area contributed by atoms with Crippen LogP contribution in [0.1, 0.15) is 13.8 Å². The smallest absolute Gasteiger partial charge is 0.333 e. The van der Waals surface area contributed by atoms with Gasteiger partial charge in [0.1, 0.15) is 0 Å². The Morgan fingerprint density at radius 3 is 1.67 bits per heavy atom. The normalized spacial score (nSPS) is 10.3. The number of carbonyl (C=O) groups is 2. The van der Waals surface area contributed by atoms with E-state index >= 15 is 0 Å². The summed E-state index contributed by atoms with van der Waals surface area (Å²) in [5, 5.41) is 0. The van der Waals surface area contributed by atoms with Gasteiger partial charge in [-0.05, 0) is 20.4 Å². The van der Waals surface area contributed by atoms with Gasteiger partial charge >= 0.3 is 11.9 Å². The third-order valence-corrected chi connectivity index (χ3v) is 3.63. The first-order valence-electron chi connectivity index (χ1n) is 5.43. The maximum atomic E-state index is 11.2. The lowest BCUT2D eigenvalue weighted by atomic mass is 10.3. The molecule has 0 unspecified atom stereocenters. The summed E-state index contributed by atoms with van der Waals surface area (Å²) in [6.07, 6.45) is 0. The largest absolute Gasteiger partial charge is 0.462 e. The van der Waals surface area contributed by atoms with Crippen molar-refractivity contribution in [3.8, 4) is 0 Å². The lowest BCUT2D eigenvalue weighted by Gasteiger charge is -2.18. The van der Waals surface area contributed by atoms with Crippen LogP contribution in [0.4, 0.5) is 0 Å². The fourth-order valence-electron chi connectivity index (χ4n) is 0.888. The Kier molecular flexibility index (Phi) is 7.22. The summed E-state index contributed by atoms with van der Waals surface area (Å²) in [6, 6.07) is 0. The van der Waals surface area contributed by atoms with E-state index in [9.17, 15) is 14.4 Å². The Morgan fingerprint density at radius 1 is 1.11 bits per heavy atom. The maximum Gasteiger partial charge on any atom is 0.333 e. The second kappa shape index (κ2) is 7.83. The molecule has 0 heterocycles. The summed E-state index contributed by atoms with van der Waals surface area (Å²) < 4.78 is 9.87. The average molecular weight is 271 g/mol. The molecule has 1 N–H and O–H groups in total. The number of rotatable bonds is 7. The highest BCUT2D eigenvalue weighted by Crippen LogP contribution is 2.12. The predicted octanol–water partition coefficient (Wildman–Crippen LogP) is 1.21. The molecule has 0 aromatic heterocycles. The summed E-state index contributed by atoms with van der Waals surface area (Å²) >= 11 is 0. The minimum absolute atomic E-state index is 0.0104. The number of carbonyl (C=O) groups excluding carboxylic acids is 2. The van der Waals surface area contributed by atoms with Crippen molar-refractivity contribution in [3.63, 3.8) is 0 Å². The summed E-state index contributed by atoms with van der Waals surface area (Å²) in [5.74, 6) is -1.04. The molecular formula is C12H19O5Si. The third-order valence-electron chi connectivity index (χ3n) is 2.12. The quantitative estimate of drug-likeness (QED) is 0.428. The first-order valence-corrected chi connectivity index (χ1v) is 7.45. The zero-order chi connectivity index (χ0) is 14.3. The topological polar surface area (TPSA) is 72.8 Å². The third kappa shape index (κ3) is 6.36. The van der Waals surface area contributed by atoms with Crippen molar-refractivity contribution in [2.75, 3.05) is 13.2 Å². The predicted molar refractivity (Wildman–Crippen MR) is 69.1 cm³/mol. The van der Waals surface area contributed by atoms with Gasteiger partial charge in [-0.2, -0.15) is 0 Å². The Bertz CT molecular complexity index is 318. The molecular weight excluding hydrogens is 252 g/mol. The molecule has 0 aromatic carbocycles. The van der Waals surface area contributed by atoms with Gasteiger partial charge in [-0.3, -0.25) is 0 Å². The molecule has 0 aliphatic rings. The molecule has 0 rings (SSSR count). The van der Waals surface area contributed by atoms with E-state index < -0.39 is 21.0 Å². The van der Waals surface area contributed by atoms with Crippen molar-refractivity contribution in [3.05, 3.63) is 24.3 Å². The first-order chi connectivity index (χ1) is 8.25. The van der Waals surface area contributed by atoms with E-state index in [1.807, 2.05) is 0 Å². The molecule has 0 amide bonds. The standard InChI is InChI=1S/C12H19O5Si/c1-8(2)11(13)16-6-10(18(5)15)7-17-12(14)9(3)4/h10,15H,1,3,6-7H2,2,4-5H3. The van der Waals surface area contributed by atoms with Gasteiger partial charge in [0.15, 0.2) is 0 Å². The number of hydrogen-bond donors (Lipinski definition) is 1. The van der Waals surface area contributed by atoms with Crippen molar-refractivity contribution >= 4 is 21.0 Å². The van der Waals surface area contributed by atoms with Crippen LogP contribution in [0.2, 0.25) is 12.1 Å². The molecule has 0 fully saturated rings. The minimum Gasteiger partial charge on any atom is -0.462 e. The molecule has 0 saturated heterocycles. The molecule has 5 nitrogen and oxygen atoms in total. The molecule has 0 atom stereocenters. The lowest BCUT2D eigenvalue weighted by molar-refractivity contribution is -0.141. The van der Waals surface area contributed by atoms with Gasteiger partial charge in [-0.25, -0.2) is 9.59 Å². The molecule has 0 aliphatic carbocycles. The van der Waals surface area contributed by atoms with E-state index in [0.717, 1.165) is 0 Å². The molecule has 18 heavy (non-hydrogen) atoms. The Balaban J connectivity index is 4.24. The van der Waals surface area contributed by atoms with Crippen LogP contribution in [0.3, 0.4) is 0 Å². The van der Waals surface area contributed by atoms with Crippen molar-refractivity contribution in [2.45, 2.75) is 25.9 Å². The van der Waals surface area contributed by atoms with Crippen LogP contribution in [-0.4, -0.2) is 39.0 Å². The summed E-state index contributed by atoms with van der Waals surface area (Å²) in [4.78, 5) is 32.0. The fraction of sp³-hybridized carbons (Fsp3) is 0.500. The highest BCUT2D eigenvalue weighted by Gasteiger charge is 2.22. The van der Waals surface area contributed by atoms with E-state index in [1.54, 1.807) is 6.55 Å². The Hall–Kier alpha value is -1.40.